The molecular formula is C15H17N3O3. The molecule has 2 aromatic rings. The van der Waals surface area contributed by atoms with Crippen LogP contribution in [0.2, 0.25) is 0 Å². The monoisotopic (exact) mass is 287 g/mol. The number of rotatable bonds is 7. The van der Waals surface area contributed by atoms with E-state index in [0.717, 1.165) is 5.69 Å². The van der Waals surface area contributed by atoms with E-state index in [1.807, 2.05) is 18.2 Å². The summed E-state index contributed by atoms with van der Waals surface area (Å²) < 4.78 is 10.3. The number of carbonyl (C=O) groups is 1. The van der Waals surface area contributed by atoms with Gasteiger partial charge in [0.25, 0.3) is 5.91 Å². The van der Waals surface area contributed by atoms with Gasteiger partial charge in [-0.1, -0.05) is 6.07 Å². The van der Waals surface area contributed by atoms with E-state index in [1.165, 1.54) is 6.20 Å². The molecule has 0 aliphatic rings. The lowest BCUT2D eigenvalue weighted by Crippen LogP contribution is -2.23. The average Bonchev–Trinajstić information content (AvgIpc) is 2.54. The Hall–Kier alpha value is -2.47. The molecule has 0 saturated carbocycles. The van der Waals surface area contributed by atoms with Gasteiger partial charge in [-0.25, -0.2) is 4.98 Å². The van der Waals surface area contributed by atoms with Crippen LogP contribution in [0.1, 0.15) is 16.1 Å². The fourth-order valence-corrected chi connectivity index (χ4v) is 1.63. The van der Waals surface area contributed by atoms with Gasteiger partial charge in [-0.15, -0.1) is 0 Å². The number of aromatic nitrogens is 2. The first-order chi connectivity index (χ1) is 10.3. The topological polar surface area (TPSA) is 73.3 Å². The quantitative estimate of drug-likeness (QED) is 0.780. The maximum absolute atomic E-state index is 12.1. The van der Waals surface area contributed by atoms with Crippen molar-refractivity contribution >= 4 is 5.91 Å². The van der Waals surface area contributed by atoms with E-state index in [2.05, 4.69) is 15.3 Å². The van der Waals surface area contributed by atoms with Crippen LogP contribution in [0.25, 0.3) is 0 Å². The molecule has 2 heterocycles. The predicted octanol–water partition coefficient (Wildman–Crippen LogP) is 1.43. The molecule has 0 aliphatic carbocycles. The van der Waals surface area contributed by atoms with Crippen LogP contribution in [0.4, 0.5) is 0 Å². The minimum atomic E-state index is -0.195. The molecule has 0 saturated heterocycles. The number of nitrogens with one attached hydrogen (secondary N) is 1. The zero-order chi connectivity index (χ0) is 14.9. The minimum Gasteiger partial charge on any atom is -0.475 e. The number of hydrogen-bond donors (Lipinski definition) is 1. The van der Waals surface area contributed by atoms with Crippen LogP contribution >= 0.6 is 0 Å². The Morgan fingerprint density at radius 3 is 2.86 bits per heavy atom. The van der Waals surface area contributed by atoms with Crippen LogP contribution in [0.15, 0.2) is 42.7 Å². The normalized spacial score (nSPS) is 10.1. The standard InChI is InChI=1S/C15H17N3O3/c1-20-8-9-21-14-10-12(5-7-17-14)15(19)18-11-13-4-2-3-6-16-13/h2-7,10H,8-9,11H2,1H3,(H,18,19). The van der Waals surface area contributed by atoms with Crippen molar-refractivity contribution in [3.05, 3.63) is 54.0 Å². The zero-order valence-electron chi connectivity index (χ0n) is 11.8. The van der Waals surface area contributed by atoms with Gasteiger partial charge in [0.15, 0.2) is 0 Å². The molecular weight excluding hydrogens is 270 g/mol. The Bertz CT molecular complexity index is 575. The highest BCUT2D eigenvalue weighted by molar-refractivity contribution is 5.94. The highest BCUT2D eigenvalue weighted by Crippen LogP contribution is 2.09. The highest BCUT2D eigenvalue weighted by Gasteiger charge is 2.07. The smallest absolute Gasteiger partial charge is 0.251 e. The summed E-state index contributed by atoms with van der Waals surface area (Å²) in [6.07, 6.45) is 3.23. The third-order valence-corrected chi connectivity index (χ3v) is 2.69. The summed E-state index contributed by atoms with van der Waals surface area (Å²) in [6, 6.07) is 8.80. The molecule has 0 fully saturated rings. The molecule has 0 bridgehead atoms. The number of nitrogens with zero attached hydrogens (tertiary/aromatic N) is 2. The van der Waals surface area contributed by atoms with Gasteiger partial charge in [0.1, 0.15) is 6.61 Å². The molecule has 2 rings (SSSR count). The van der Waals surface area contributed by atoms with E-state index in [9.17, 15) is 4.79 Å². The molecule has 0 spiro atoms. The summed E-state index contributed by atoms with van der Waals surface area (Å²) in [5.41, 5.74) is 1.30. The first kappa shape index (κ1) is 14.9. The van der Waals surface area contributed by atoms with Gasteiger partial charge in [-0.05, 0) is 18.2 Å². The summed E-state index contributed by atoms with van der Waals surface area (Å²) in [5, 5.41) is 2.80. The second kappa shape index (κ2) is 7.96. The van der Waals surface area contributed by atoms with Gasteiger partial charge in [-0.3, -0.25) is 9.78 Å². The van der Waals surface area contributed by atoms with E-state index in [1.54, 1.807) is 25.4 Å². The Morgan fingerprint density at radius 2 is 2.10 bits per heavy atom. The minimum absolute atomic E-state index is 0.195. The third-order valence-electron chi connectivity index (χ3n) is 2.69. The van der Waals surface area contributed by atoms with Crippen LogP contribution in [0.5, 0.6) is 5.88 Å². The lowest BCUT2D eigenvalue weighted by Gasteiger charge is -2.07. The Labute approximate surface area is 123 Å². The molecule has 110 valence electrons. The molecule has 1 amide bonds. The SMILES string of the molecule is COCCOc1cc(C(=O)NCc2ccccn2)ccn1. The Morgan fingerprint density at radius 1 is 1.19 bits per heavy atom. The van der Waals surface area contributed by atoms with Gasteiger partial charge >= 0.3 is 0 Å². The molecule has 0 aromatic carbocycles. The van der Waals surface area contributed by atoms with Crippen LogP contribution < -0.4 is 10.1 Å². The van der Waals surface area contributed by atoms with Crippen LogP contribution in [-0.2, 0) is 11.3 Å². The number of carbonyl (C=O) groups excluding carboxylic acids is 1. The number of methoxy groups -OCH3 is 1. The van der Waals surface area contributed by atoms with Crippen LogP contribution in [0.3, 0.4) is 0 Å². The van der Waals surface area contributed by atoms with Gasteiger partial charge < -0.3 is 14.8 Å². The second-order valence-corrected chi connectivity index (χ2v) is 4.23. The van der Waals surface area contributed by atoms with Crippen molar-refractivity contribution in [1.29, 1.82) is 0 Å². The highest BCUT2D eigenvalue weighted by atomic mass is 16.5. The number of hydrogen-bond acceptors (Lipinski definition) is 5. The average molecular weight is 287 g/mol. The molecule has 0 aliphatic heterocycles. The van der Waals surface area contributed by atoms with Gasteiger partial charge in [0.05, 0.1) is 18.8 Å². The van der Waals surface area contributed by atoms with E-state index in [0.29, 0.717) is 31.2 Å². The maximum atomic E-state index is 12.1. The fourth-order valence-electron chi connectivity index (χ4n) is 1.63. The summed E-state index contributed by atoms with van der Waals surface area (Å²) >= 11 is 0. The van der Waals surface area contributed by atoms with Crippen molar-refractivity contribution in [2.45, 2.75) is 6.54 Å². The summed E-state index contributed by atoms with van der Waals surface area (Å²) in [4.78, 5) is 20.2. The van der Waals surface area contributed by atoms with Gasteiger partial charge in [0.2, 0.25) is 5.88 Å². The van der Waals surface area contributed by atoms with Gasteiger partial charge in [0, 0.05) is 31.1 Å². The molecule has 0 unspecified atom stereocenters. The molecule has 2 aromatic heterocycles. The Kier molecular flexibility index (Phi) is 5.66. The summed E-state index contributed by atoms with van der Waals surface area (Å²) in [5.74, 6) is 0.206. The van der Waals surface area contributed by atoms with Crippen molar-refractivity contribution in [3.8, 4) is 5.88 Å². The van der Waals surface area contributed by atoms with E-state index in [-0.39, 0.29) is 5.91 Å². The largest absolute Gasteiger partial charge is 0.475 e. The van der Waals surface area contributed by atoms with Gasteiger partial charge in [-0.2, -0.15) is 0 Å². The second-order valence-electron chi connectivity index (χ2n) is 4.23. The van der Waals surface area contributed by atoms with Crippen LogP contribution in [-0.4, -0.2) is 36.2 Å². The molecule has 0 radical (unpaired) electrons. The van der Waals surface area contributed by atoms with Crippen molar-refractivity contribution < 1.29 is 14.3 Å². The molecule has 21 heavy (non-hydrogen) atoms. The molecule has 1 N–H and O–H groups in total. The van der Waals surface area contributed by atoms with Crippen molar-refractivity contribution in [2.24, 2.45) is 0 Å². The lowest BCUT2D eigenvalue weighted by molar-refractivity contribution is 0.0949. The summed E-state index contributed by atoms with van der Waals surface area (Å²) in [6.45, 7) is 1.24. The fraction of sp³-hybridized carbons (Fsp3) is 0.267. The van der Waals surface area contributed by atoms with Crippen molar-refractivity contribution in [3.63, 3.8) is 0 Å². The van der Waals surface area contributed by atoms with Crippen LogP contribution in [0, 0.1) is 0 Å². The van der Waals surface area contributed by atoms with E-state index >= 15 is 0 Å². The number of ether oxygens (including phenoxy) is 2. The summed E-state index contributed by atoms with van der Waals surface area (Å²) in [7, 11) is 1.60. The zero-order valence-corrected chi connectivity index (χ0v) is 11.8. The molecule has 6 heteroatoms. The van der Waals surface area contributed by atoms with E-state index in [4.69, 9.17) is 9.47 Å². The van der Waals surface area contributed by atoms with Crippen molar-refractivity contribution in [1.82, 2.24) is 15.3 Å². The first-order valence-corrected chi connectivity index (χ1v) is 6.55. The number of amides is 1. The van der Waals surface area contributed by atoms with Crippen molar-refractivity contribution in [2.75, 3.05) is 20.3 Å². The Balaban J connectivity index is 1.91. The molecule has 6 nitrogen and oxygen atoms in total. The van der Waals surface area contributed by atoms with E-state index < -0.39 is 0 Å². The predicted molar refractivity (Wildman–Crippen MR) is 77.0 cm³/mol. The molecule has 0 atom stereocenters. The maximum Gasteiger partial charge on any atom is 0.251 e. The number of pyridine rings is 2. The third kappa shape index (κ3) is 4.85. The first-order valence-electron chi connectivity index (χ1n) is 6.55. The lowest BCUT2D eigenvalue weighted by atomic mass is 10.2.